The summed E-state index contributed by atoms with van der Waals surface area (Å²) in [5.74, 6) is -0.138. The molecule has 1 atom stereocenters. The summed E-state index contributed by atoms with van der Waals surface area (Å²) >= 11 is 1.48. The Labute approximate surface area is 140 Å². The molecule has 0 heterocycles. The van der Waals surface area contributed by atoms with Gasteiger partial charge in [-0.05, 0) is 50.2 Å². The quantitative estimate of drug-likeness (QED) is 0.813. The highest BCUT2D eigenvalue weighted by Gasteiger charge is 2.14. The van der Waals surface area contributed by atoms with Crippen LogP contribution in [0.2, 0.25) is 0 Å². The van der Waals surface area contributed by atoms with Gasteiger partial charge in [0.1, 0.15) is 0 Å². The van der Waals surface area contributed by atoms with Crippen LogP contribution in [0.25, 0.3) is 0 Å². The number of rotatable bonds is 5. The summed E-state index contributed by atoms with van der Waals surface area (Å²) in [4.78, 5) is 24.2. The highest BCUT2D eigenvalue weighted by atomic mass is 32.2. The Balaban J connectivity index is 1.92. The van der Waals surface area contributed by atoms with Crippen LogP contribution in [0.1, 0.15) is 19.4 Å². The maximum Gasteiger partial charge on any atom is 0.237 e. The number of carbonyl (C=O) groups excluding carboxylic acids is 2. The van der Waals surface area contributed by atoms with Crippen molar-refractivity contribution in [2.45, 2.75) is 30.9 Å². The molecule has 0 spiro atoms. The van der Waals surface area contributed by atoms with Crippen molar-refractivity contribution in [1.82, 2.24) is 0 Å². The number of thioether (sulfide) groups is 1. The van der Waals surface area contributed by atoms with E-state index in [1.165, 1.54) is 18.7 Å². The Hall–Kier alpha value is -2.27. The van der Waals surface area contributed by atoms with Gasteiger partial charge in [-0.3, -0.25) is 9.59 Å². The minimum absolute atomic E-state index is 0.0372. The lowest BCUT2D eigenvalue weighted by Crippen LogP contribution is -2.22. The van der Waals surface area contributed by atoms with E-state index in [-0.39, 0.29) is 17.1 Å². The Kier molecular flexibility index (Phi) is 5.82. The summed E-state index contributed by atoms with van der Waals surface area (Å²) in [6, 6.07) is 15.2. The number of hydrogen-bond donors (Lipinski definition) is 2. The Morgan fingerprint density at radius 3 is 2.00 bits per heavy atom. The van der Waals surface area contributed by atoms with E-state index in [9.17, 15) is 9.59 Å². The van der Waals surface area contributed by atoms with Crippen LogP contribution in [0.3, 0.4) is 0 Å². The molecule has 0 saturated heterocycles. The second-order valence-corrected chi connectivity index (χ2v) is 6.74. The summed E-state index contributed by atoms with van der Waals surface area (Å²) in [5, 5.41) is 5.41. The van der Waals surface area contributed by atoms with Gasteiger partial charge in [0.25, 0.3) is 0 Å². The molecule has 0 aliphatic carbocycles. The van der Waals surface area contributed by atoms with E-state index >= 15 is 0 Å². The van der Waals surface area contributed by atoms with E-state index in [0.29, 0.717) is 0 Å². The average Bonchev–Trinajstić information content (AvgIpc) is 2.51. The summed E-state index contributed by atoms with van der Waals surface area (Å²) in [6.45, 7) is 5.35. The zero-order chi connectivity index (χ0) is 16.8. The molecule has 0 aromatic heterocycles. The topological polar surface area (TPSA) is 58.2 Å². The molecular formula is C18H20N2O2S. The van der Waals surface area contributed by atoms with Crippen LogP contribution in [0.4, 0.5) is 11.4 Å². The summed E-state index contributed by atoms with van der Waals surface area (Å²) in [7, 11) is 0. The maximum absolute atomic E-state index is 12.2. The van der Waals surface area contributed by atoms with Crippen LogP contribution >= 0.6 is 11.8 Å². The van der Waals surface area contributed by atoms with E-state index < -0.39 is 0 Å². The Bertz CT molecular complexity index is 681. The van der Waals surface area contributed by atoms with Gasteiger partial charge in [-0.25, -0.2) is 0 Å². The zero-order valence-electron chi connectivity index (χ0n) is 13.4. The van der Waals surface area contributed by atoms with Gasteiger partial charge in [0.15, 0.2) is 0 Å². The van der Waals surface area contributed by atoms with E-state index in [1.54, 1.807) is 0 Å². The molecule has 120 valence electrons. The second-order valence-electron chi connectivity index (χ2n) is 5.32. The van der Waals surface area contributed by atoms with Crippen molar-refractivity contribution in [2.24, 2.45) is 0 Å². The summed E-state index contributed by atoms with van der Waals surface area (Å²) in [5.41, 5.74) is 2.71. The third kappa shape index (κ3) is 5.45. The van der Waals surface area contributed by atoms with Gasteiger partial charge >= 0.3 is 0 Å². The predicted molar refractivity (Wildman–Crippen MR) is 95.9 cm³/mol. The average molecular weight is 328 g/mol. The molecule has 4 nitrogen and oxygen atoms in total. The van der Waals surface area contributed by atoms with Crippen molar-refractivity contribution < 1.29 is 9.59 Å². The minimum Gasteiger partial charge on any atom is -0.326 e. The molecule has 23 heavy (non-hydrogen) atoms. The highest BCUT2D eigenvalue weighted by Crippen LogP contribution is 2.25. The normalized spacial score (nSPS) is 11.6. The Morgan fingerprint density at radius 1 is 0.913 bits per heavy atom. The fraction of sp³-hybridized carbons (Fsp3) is 0.222. The molecule has 2 amide bonds. The minimum atomic E-state index is -0.220. The first kappa shape index (κ1) is 17.1. The molecule has 1 unspecified atom stereocenters. The molecular weight excluding hydrogens is 308 g/mol. The molecule has 0 fully saturated rings. The van der Waals surface area contributed by atoms with Gasteiger partial charge in [-0.2, -0.15) is 0 Å². The van der Waals surface area contributed by atoms with Gasteiger partial charge in [0.05, 0.1) is 5.25 Å². The fourth-order valence-electron chi connectivity index (χ4n) is 1.96. The molecule has 0 saturated carbocycles. The van der Waals surface area contributed by atoms with E-state index in [4.69, 9.17) is 0 Å². The van der Waals surface area contributed by atoms with Gasteiger partial charge in [0, 0.05) is 23.2 Å². The number of benzene rings is 2. The summed E-state index contributed by atoms with van der Waals surface area (Å²) < 4.78 is 0. The smallest absolute Gasteiger partial charge is 0.237 e. The standard InChI is InChI=1S/C18H20N2O2S/c1-12-4-6-16(7-5-12)20-18(22)13(2)23-17-10-8-15(9-11-17)19-14(3)21/h4-11,13H,1-3H3,(H,19,21)(H,20,22). The molecule has 0 aliphatic heterocycles. The number of carbonyl (C=O) groups is 2. The van der Waals surface area contributed by atoms with Gasteiger partial charge in [-0.1, -0.05) is 17.7 Å². The maximum atomic E-state index is 12.2. The number of amides is 2. The van der Waals surface area contributed by atoms with Gasteiger partial charge in [-0.15, -0.1) is 11.8 Å². The van der Waals surface area contributed by atoms with Crippen LogP contribution in [0.15, 0.2) is 53.4 Å². The van der Waals surface area contributed by atoms with Crippen molar-refractivity contribution in [3.05, 3.63) is 54.1 Å². The van der Waals surface area contributed by atoms with Crippen LogP contribution < -0.4 is 10.6 Å². The summed E-state index contributed by atoms with van der Waals surface area (Å²) in [6.07, 6.45) is 0. The number of aryl methyl sites for hydroxylation is 1. The van der Waals surface area contributed by atoms with E-state index in [1.807, 2.05) is 62.4 Å². The van der Waals surface area contributed by atoms with Crippen molar-refractivity contribution >= 4 is 35.0 Å². The van der Waals surface area contributed by atoms with Gasteiger partial charge < -0.3 is 10.6 Å². The zero-order valence-corrected chi connectivity index (χ0v) is 14.2. The Morgan fingerprint density at radius 2 is 1.43 bits per heavy atom. The fourth-order valence-corrected chi connectivity index (χ4v) is 2.83. The van der Waals surface area contributed by atoms with E-state index in [0.717, 1.165) is 21.8 Å². The number of nitrogens with one attached hydrogen (secondary N) is 2. The second kappa shape index (κ2) is 7.83. The predicted octanol–water partition coefficient (Wildman–Crippen LogP) is 4.07. The number of anilines is 2. The molecule has 0 bridgehead atoms. The first-order valence-electron chi connectivity index (χ1n) is 7.36. The molecule has 2 N–H and O–H groups in total. The molecule has 0 aliphatic rings. The van der Waals surface area contributed by atoms with E-state index in [2.05, 4.69) is 10.6 Å². The van der Waals surface area contributed by atoms with Crippen LogP contribution in [-0.4, -0.2) is 17.1 Å². The third-order valence-electron chi connectivity index (χ3n) is 3.18. The van der Waals surface area contributed by atoms with Crippen molar-refractivity contribution in [2.75, 3.05) is 10.6 Å². The van der Waals surface area contributed by atoms with Gasteiger partial charge in [0.2, 0.25) is 11.8 Å². The van der Waals surface area contributed by atoms with Crippen molar-refractivity contribution in [3.8, 4) is 0 Å². The molecule has 2 aromatic carbocycles. The first-order valence-corrected chi connectivity index (χ1v) is 8.24. The monoisotopic (exact) mass is 328 g/mol. The van der Waals surface area contributed by atoms with Crippen molar-refractivity contribution in [3.63, 3.8) is 0 Å². The third-order valence-corrected chi connectivity index (χ3v) is 4.29. The molecule has 0 radical (unpaired) electrons. The lowest BCUT2D eigenvalue weighted by molar-refractivity contribution is -0.115. The molecule has 2 rings (SSSR count). The highest BCUT2D eigenvalue weighted by molar-refractivity contribution is 8.00. The SMILES string of the molecule is CC(=O)Nc1ccc(SC(C)C(=O)Nc2ccc(C)cc2)cc1. The van der Waals surface area contributed by atoms with Crippen LogP contribution in [0.5, 0.6) is 0 Å². The van der Waals surface area contributed by atoms with Crippen LogP contribution in [0, 0.1) is 6.92 Å². The largest absolute Gasteiger partial charge is 0.326 e. The molecule has 5 heteroatoms. The molecule has 2 aromatic rings. The lowest BCUT2D eigenvalue weighted by Gasteiger charge is -2.12. The van der Waals surface area contributed by atoms with Crippen molar-refractivity contribution in [1.29, 1.82) is 0 Å². The van der Waals surface area contributed by atoms with Crippen LogP contribution in [-0.2, 0) is 9.59 Å². The lowest BCUT2D eigenvalue weighted by atomic mass is 10.2. The number of hydrogen-bond acceptors (Lipinski definition) is 3. The first-order chi connectivity index (χ1) is 10.9.